The Morgan fingerprint density at radius 3 is 2.38 bits per heavy atom. The van der Waals surface area contributed by atoms with Gasteiger partial charge in [0.15, 0.2) is 0 Å². The third kappa shape index (κ3) is 7.63. The van der Waals surface area contributed by atoms with Crippen molar-refractivity contribution in [2.45, 2.75) is 51.4 Å². The summed E-state index contributed by atoms with van der Waals surface area (Å²) in [5.41, 5.74) is 5.00. The quantitative estimate of drug-likeness (QED) is 0.563. The molecule has 122 valence electrons. The van der Waals surface area contributed by atoms with Gasteiger partial charge in [0.05, 0.1) is 5.92 Å². The van der Waals surface area contributed by atoms with Crippen LogP contribution < -0.4 is 5.73 Å². The minimum absolute atomic E-state index is 0.0264. The first-order valence-corrected chi connectivity index (χ1v) is 9.65. The lowest BCUT2D eigenvalue weighted by molar-refractivity contribution is -0.141. The molecule has 2 atom stereocenters. The molecule has 1 fully saturated rings. The highest BCUT2D eigenvalue weighted by atomic mass is 31.2. The maximum atomic E-state index is 12.2. The molecule has 1 amide bonds. The lowest BCUT2D eigenvalue weighted by atomic mass is 9.88. The van der Waals surface area contributed by atoms with E-state index in [2.05, 4.69) is 0 Å². The van der Waals surface area contributed by atoms with Crippen molar-refractivity contribution in [2.24, 2.45) is 17.6 Å². The Labute approximate surface area is 125 Å². The summed E-state index contributed by atoms with van der Waals surface area (Å²) < 4.78 is 12.2. The normalized spacial score (nSPS) is 20.6. The van der Waals surface area contributed by atoms with Gasteiger partial charge < -0.3 is 15.7 Å². The summed E-state index contributed by atoms with van der Waals surface area (Å²) in [6, 6.07) is 0. The van der Waals surface area contributed by atoms with Crippen LogP contribution in [0.5, 0.6) is 0 Å². The Bertz CT molecular complexity index is 406. The molecule has 0 heterocycles. The van der Waals surface area contributed by atoms with Crippen LogP contribution in [0.3, 0.4) is 0 Å². The van der Waals surface area contributed by atoms with Gasteiger partial charge >= 0.3 is 5.97 Å². The standard InChI is InChI=1S/C14H26NO5P/c15-13(16)7-6-12(14(17)18)10-21(19,20)9-8-11-4-2-1-3-5-11/h11-12H,1-10H2,(H2,15,16)(H,17,18)(H,19,20). The fourth-order valence-corrected chi connectivity index (χ4v) is 4.88. The molecule has 7 heteroatoms. The highest BCUT2D eigenvalue weighted by Gasteiger charge is 2.29. The van der Waals surface area contributed by atoms with Gasteiger partial charge in [0.25, 0.3) is 0 Å². The molecule has 0 saturated heterocycles. The van der Waals surface area contributed by atoms with Crippen molar-refractivity contribution < 1.29 is 24.2 Å². The number of amides is 1. The molecule has 1 aliphatic rings. The molecule has 4 N–H and O–H groups in total. The Morgan fingerprint density at radius 1 is 1.24 bits per heavy atom. The van der Waals surface area contributed by atoms with Gasteiger partial charge in [-0.05, 0) is 18.8 Å². The van der Waals surface area contributed by atoms with E-state index in [-0.39, 0.29) is 25.2 Å². The van der Waals surface area contributed by atoms with Crippen LogP contribution in [0.4, 0.5) is 0 Å². The predicted octanol–water partition coefficient (Wildman–Crippen LogP) is 2.19. The van der Waals surface area contributed by atoms with E-state index in [1.54, 1.807) is 0 Å². The summed E-state index contributed by atoms with van der Waals surface area (Å²) >= 11 is 0. The zero-order valence-electron chi connectivity index (χ0n) is 12.4. The highest BCUT2D eigenvalue weighted by molar-refractivity contribution is 7.58. The molecular weight excluding hydrogens is 293 g/mol. The summed E-state index contributed by atoms with van der Waals surface area (Å²) in [6.07, 6.45) is 6.36. The summed E-state index contributed by atoms with van der Waals surface area (Å²) in [6.45, 7) is 0. The Morgan fingerprint density at radius 2 is 1.86 bits per heavy atom. The first kappa shape index (κ1) is 18.2. The number of nitrogens with two attached hydrogens (primary N) is 1. The molecule has 6 nitrogen and oxygen atoms in total. The van der Waals surface area contributed by atoms with Crippen molar-refractivity contribution in [2.75, 3.05) is 12.3 Å². The second-order valence-corrected chi connectivity index (χ2v) is 8.59. The topological polar surface area (TPSA) is 118 Å². The summed E-state index contributed by atoms with van der Waals surface area (Å²) in [7, 11) is -3.46. The average molecular weight is 319 g/mol. The minimum atomic E-state index is -3.46. The van der Waals surface area contributed by atoms with E-state index < -0.39 is 25.2 Å². The molecule has 1 aliphatic carbocycles. The van der Waals surface area contributed by atoms with Gasteiger partial charge in [-0.15, -0.1) is 0 Å². The Hall–Kier alpha value is -0.870. The van der Waals surface area contributed by atoms with E-state index in [0.29, 0.717) is 12.3 Å². The van der Waals surface area contributed by atoms with Crippen molar-refractivity contribution in [3.63, 3.8) is 0 Å². The SMILES string of the molecule is NC(=O)CCC(CP(=O)(O)CCC1CCCCC1)C(=O)O. The molecule has 0 aliphatic heterocycles. The molecule has 0 aromatic rings. The van der Waals surface area contributed by atoms with Gasteiger partial charge in [-0.25, -0.2) is 0 Å². The summed E-state index contributed by atoms with van der Waals surface area (Å²) in [5, 5.41) is 9.08. The number of carboxylic acid groups (broad SMARTS) is 1. The number of hydrogen-bond donors (Lipinski definition) is 3. The third-order valence-electron chi connectivity index (χ3n) is 4.21. The van der Waals surface area contributed by atoms with E-state index in [1.165, 1.54) is 19.3 Å². The second-order valence-electron chi connectivity index (χ2n) is 6.09. The van der Waals surface area contributed by atoms with Gasteiger partial charge in [-0.2, -0.15) is 0 Å². The largest absolute Gasteiger partial charge is 0.481 e. The molecule has 0 radical (unpaired) electrons. The first-order chi connectivity index (χ1) is 9.80. The summed E-state index contributed by atoms with van der Waals surface area (Å²) in [4.78, 5) is 31.8. The van der Waals surface area contributed by atoms with E-state index in [4.69, 9.17) is 10.8 Å². The van der Waals surface area contributed by atoms with E-state index in [9.17, 15) is 19.0 Å². The number of carboxylic acids is 1. The van der Waals surface area contributed by atoms with Gasteiger partial charge in [0.2, 0.25) is 13.3 Å². The van der Waals surface area contributed by atoms with Crippen LogP contribution in [0.2, 0.25) is 0 Å². The lowest BCUT2D eigenvalue weighted by Gasteiger charge is -2.23. The Kier molecular flexibility index (Phi) is 7.40. The van der Waals surface area contributed by atoms with Crippen molar-refractivity contribution in [3.8, 4) is 0 Å². The number of carbonyl (C=O) groups excluding carboxylic acids is 1. The van der Waals surface area contributed by atoms with E-state index in [1.807, 2.05) is 0 Å². The van der Waals surface area contributed by atoms with Crippen LogP contribution >= 0.6 is 7.37 Å². The zero-order chi connectivity index (χ0) is 15.9. The molecule has 0 aromatic heterocycles. The molecule has 1 rings (SSSR count). The zero-order valence-corrected chi connectivity index (χ0v) is 13.3. The number of hydrogen-bond acceptors (Lipinski definition) is 3. The first-order valence-electron chi connectivity index (χ1n) is 7.62. The van der Waals surface area contributed by atoms with Gasteiger partial charge in [-0.1, -0.05) is 32.1 Å². The number of primary amides is 1. The summed E-state index contributed by atoms with van der Waals surface area (Å²) in [5.74, 6) is -2.20. The average Bonchev–Trinajstić information content (AvgIpc) is 2.42. The van der Waals surface area contributed by atoms with E-state index >= 15 is 0 Å². The number of aliphatic carboxylic acids is 1. The maximum absolute atomic E-state index is 12.2. The third-order valence-corrected chi connectivity index (χ3v) is 6.17. The monoisotopic (exact) mass is 319 g/mol. The van der Waals surface area contributed by atoms with E-state index in [0.717, 1.165) is 12.8 Å². The van der Waals surface area contributed by atoms with Crippen molar-refractivity contribution in [3.05, 3.63) is 0 Å². The minimum Gasteiger partial charge on any atom is -0.481 e. The van der Waals surface area contributed by atoms with Crippen LogP contribution in [0.1, 0.15) is 51.4 Å². The van der Waals surface area contributed by atoms with Crippen molar-refractivity contribution in [1.82, 2.24) is 0 Å². The van der Waals surface area contributed by atoms with Crippen LogP contribution in [-0.4, -0.2) is 34.2 Å². The van der Waals surface area contributed by atoms with Gasteiger partial charge in [-0.3, -0.25) is 14.2 Å². The lowest BCUT2D eigenvalue weighted by Crippen LogP contribution is -2.22. The molecule has 0 spiro atoms. The predicted molar refractivity (Wildman–Crippen MR) is 80.3 cm³/mol. The van der Waals surface area contributed by atoms with Gasteiger partial charge in [0, 0.05) is 18.7 Å². The highest BCUT2D eigenvalue weighted by Crippen LogP contribution is 2.45. The van der Waals surface area contributed by atoms with Crippen LogP contribution in [0.25, 0.3) is 0 Å². The maximum Gasteiger partial charge on any atom is 0.307 e. The number of rotatable bonds is 9. The smallest absolute Gasteiger partial charge is 0.307 e. The van der Waals surface area contributed by atoms with Crippen LogP contribution in [0, 0.1) is 11.8 Å². The van der Waals surface area contributed by atoms with Crippen LogP contribution in [0.15, 0.2) is 0 Å². The molecule has 21 heavy (non-hydrogen) atoms. The molecule has 1 saturated carbocycles. The fraction of sp³-hybridized carbons (Fsp3) is 0.857. The van der Waals surface area contributed by atoms with Crippen molar-refractivity contribution >= 4 is 19.2 Å². The second kappa shape index (κ2) is 8.54. The van der Waals surface area contributed by atoms with Gasteiger partial charge in [0.1, 0.15) is 0 Å². The fourth-order valence-electron chi connectivity index (χ4n) is 2.91. The molecular formula is C14H26NO5P. The van der Waals surface area contributed by atoms with Crippen molar-refractivity contribution in [1.29, 1.82) is 0 Å². The Balaban J connectivity index is 2.44. The molecule has 0 aromatic carbocycles. The van der Waals surface area contributed by atoms with Crippen LogP contribution in [-0.2, 0) is 14.2 Å². The molecule has 2 unspecified atom stereocenters. The molecule has 0 bridgehead atoms. The number of carbonyl (C=O) groups is 2.